The van der Waals surface area contributed by atoms with Gasteiger partial charge in [0.2, 0.25) is 0 Å². The number of anilines is 2. The van der Waals surface area contributed by atoms with Gasteiger partial charge in [-0.2, -0.15) is 0 Å². The van der Waals surface area contributed by atoms with Gasteiger partial charge in [0, 0.05) is 22.1 Å². The van der Waals surface area contributed by atoms with Crippen molar-refractivity contribution in [1.29, 1.82) is 0 Å². The summed E-state index contributed by atoms with van der Waals surface area (Å²) in [7, 11) is 0. The van der Waals surface area contributed by atoms with Crippen LogP contribution in [0.15, 0.2) is 174 Å². The number of para-hydroxylation sites is 1. The van der Waals surface area contributed by atoms with Crippen LogP contribution in [-0.4, -0.2) is 6.04 Å². The highest BCUT2D eigenvalue weighted by molar-refractivity contribution is 6.05. The smallest absolute Gasteiger partial charge is 0.136 e. The van der Waals surface area contributed by atoms with Crippen molar-refractivity contribution < 1.29 is 4.42 Å². The minimum Gasteiger partial charge on any atom is -0.456 e. The van der Waals surface area contributed by atoms with Crippen molar-refractivity contribution in [1.82, 2.24) is 0 Å². The molecule has 1 aliphatic carbocycles. The normalized spacial score (nSPS) is 14.5. The molecular formula is C42H31NO. The second-order valence-electron chi connectivity index (χ2n) is 11.3. The van der Waals surface area contributed by atoms with Crippen molar-refractivity contribution in [3.05, 3.63) is 175 Å². The maximum absolute atomic E-state index is 6.17. The third-order valence-corrected chi connectivity index (χ3v) is 8.63. The first kappa shape index (κ1) is 26.1. The molecule has 0 amide bonds. The lowest BCUT2D eigenvalue weighted by Crippen LogP contribution is -2.30. The van der Waals surface area contributed by atoms with Gasteiger partial charge in [0.1, 0.15) is 11.2 Å². The van der Waals surface area contributed by atoms with E-state index in [1.165, 1.54) is 33.5 Å². The number of rotatable bonds is 6. The number of hydrogen-bond acceptors (Lipinski definition) is 2. The van der Waals surface area contributed by atoms with Crippen LogP contribution in [0.5, 0.6) is 0 Å². The average molecular weight is 566 g/mol. The fourth-order valence-electron chi connectivity index (χ4n) is 6.34. The second-order valence-corrected chi connectivity index (χ2v) is 11.3. The largest absolute Gasteiger partial charge is 0.456 e. The molecule has 210 valence electrons. The van der Waals surface area contributed by atoms with Gasteiger partial charge in [0.25, 0.3) is 0 Å². The topological polar surface area (TPSA) is 16.4 Å². The fraction of sp³-hybridized carbons (Fsp3) is 0.0476. The van der Waals surface area contributed by atoms with E-state index in [9.17, 15) is 0 Å². The van der Waals surface area contributed by atoms with Crippen LogP contribution in [0.1, 0.15) is 12.0 Å². The molecule has 1 unspecified atom stereocenters. The number of furan rings is 1. The molecule has 0 aliphatic heterocycles. The van der Waals surface area contributed by atoms with Crippen LogP contribution in [0.25, 0.3) is 49.8 Å². The van der Waals surface area contributed by atoms with Gasteiger partial charge in [-0.05, 0) is 82.3 Å². The molecule has 6 aromatic carbocycles. The van der Waals surface area contributed by atoms with E-state index in [-0.39, 0.29) is 6.04 Å². The first-order valence-electron chi connectivity index (χ1n) is 15.2. The Kier molecular flexibility index (Phi) is 6.66. The number of nitrogens with zero attached hydrogens (tertiary/aromatic N) is 1. The van der Waals surface area contributed by atoms with E-state index < -0.39 is 0 Å². The summed E-state index contributed by atoms with van der Waals surface area (Å²) in [4.78, 5) is 2.45. The van der Waals surface area contributed by atoms with Crippen LogP contribution in [0.2, 0.25) is 0 Å². The van der Waals surface area contributed by atoms with E-state index in [0.717, 1.165) is 39.6 Å². The quantitative estimate of drug-likeness (QED) is 0.199. The van der Waals surface area contributed by atoms with E-state index in [1.807, 2.05) is 12.1 Å². The van der Waals surface area contributed by atoms with Crippen molar-refractivity contribution >= 4 is 38.9 Å². The van der Waals surface area contributed by atoms with Crippen LogP contribution in [0.4, 0.5) is 11.4 Å². The van der Waals surface area contributed by atoms with Crippen molar-refractivity contribution in [3.63, 3.8) is 0 Å². The Morgan fingerprint density at radius 2 is 1.02 bits per heavy atom. The molecule has 0 spiro atoms. The van der Waals surface area contributed by atoms with Gasteiger partial charge >= 0.3 is 0 Å². The monoisotopic (exact) mass is 565 g/mol. The van der Waals surface area contributed by atoms with Crippen molar-refractivity contribution in [2.45, 2.75) is 12.5 Å². The zero-order chi connectivity index (χ0) is 29.3. The summed E-state index contributed by atoms with van der Waals surface area (Å²) in [5.74, 6) is 0. The minimum absolute atomic E-state index is 0.197. The molecule has 44 heavy (non-hydrogen) atoms. The summed E-state index contributed by atoms with van der Waals surface area (Å²) >= 11 is 0. The van der Waals surface area contributed by atoms with Gasteiger partial charge in [0.05, 0.1) is 6.04 Å². The van der Waals surface area contributed by atoms with Crippen molar-refractivity contribution in [2.75, 3.05) is 4.90 Å². The molecule has 0 bridgehead atoms. The van der Waals surface area contributed by atoms with E-state index in [0.29, 0.717) is 0 Å². The summed E-state index contributed by atoms with van der Waals surface area (Å²) in [6.07, 6.45) is 7.90. The van der Waals surface area contributed by atoms with Crippen LogP contribution in [0.3, 0.4) is 0 Å². The Labute approximate surface area is 257 Å². The lowest BCUT2D eigenvalue weighted by molar-refractivity contribution is 0.669. The predicted molar refractivity (Wildman–Crippen MR) is 185 cm³/mol. The standard InChI is InChI=1S/C42H31NO/c1-3-9-30(10-4-1)32-15-22-36(23-16-32)43(37-24-17-33(18-25-37)31-11-5-2-6-12-31)38-26-19-34(20-27-38)35-21-28-40-39-13-7-8-14-41(39)44-42(40)29-35/h1-24,26-29,37H,25H2. The second kappa shape index (κ2) is 11.2. The predicted octanol–water partition coefficient (Wildman–Crippen LogP) is 11.5. The Hall–Kier alpha value is -5.60. The molecular weight excluding hydrogens is 534 g/mol. The highest BCUT2D eigenvalue weighted by Crippen LogP contribution is 2.37. The van der Waals surface area contributed by atoms with Gasteiger partial charge in [-0.1, -0.05) is 127 Å². The van der Waals surface area contributed by atoms with Gasteiger partial charge in [-0.25, -0.2) is 0 Å². The minimum atomic E-state index is 0.197. The average Bonchev–Trinajstić information content (AvgIpc) is 3.48. The maximum atomic E-state index is 6.17. The highest BCUT2D eigenvalue weighted by atomic mass is 16.3. The Bertz CT molecular complexity index is 2120. The molecule has 0 fully saturated rings. The van der Waals surface area contributed by atoms with Gasteiger partial charge < -0.3 is 9.32 Å². The molecule has 1 aliphatic rings. The SMILES string of the molecule is C1=CC(N(c2ccc(-c3ccccc3)cc2)c2ccc(-c3ccc4c(c3)oc3ccccc34)cc2)CC=C1c1ccccc1. The van der Waals surface area contributed by atoms with Crippen LogP contribution >= 0.6 is 0 Å². The first-order valence-corrected chi connectivity index (χ1v) is 15.2. The zero-order valence-corrected chi connectivity index (χ0v) is 24.3. The molecule has 7 aromatic rings. The van der Waals surface area contributed by atoms with Gasteiger partial charge in [0.15, 0.2) is 0 Å². The van der Waals surface area contributed by atoms with E-state index >= 15 is 0 Å². The summed E-state index contributed by atoms with van der Waals surface area (Å²) in [6.45, 7) is 0. The van der Waals surface area contributed by atoms with Crippen molar-refractivity contribution in [2.24, 2.45) is 0 Å². The van der Waals surface area contributed by atoms with Crippen LogP contribution < -0.4 is 4.90 Å². The third kappa shape index (κ3) is 4.91. The Balaban J connectivity index is 1.13. The first-order chi connectivity index (χ1) is 21.8. The third-order valence-electron chi connectivity index (χ3n) is 8.63. The molecule has 1 atom stereocenters. The summed E-state index contributed by atoms with van der Waals surface area (Å²) in [5, 5.41) is 2.31. The Morgan fingerprint density at radius 3 is 1.68 bits per heavy atom. The summed E-state index contributed by atoms with van der Waals surface area (Å²) in [5.41, 5.74) is 11.5. The molecule has 2 heteroatoms. The molecule has 0 saturated carbocycles. The van der Waals surface area contributed by atoms with E-state index in [4.69, 9.17) is 4.42 Å². The molecule has 1 heterocycles. The van der Waals surface area contributed by atoms with Gasteiger partial charge in [-0.3, -0.25) is 0 Å². The van der Waals surface area contributed by atoms with Crippen LogP contribution in [-0.2, 0) is 0 Å². The summed E-state index contributed by atoms with van der Waals surface area (Å²) < 4.78 is 6.17. The lowest BCUT2D eigenvalue weighted by Gasteiger charge is -2.33. The molecule has 8 rings (SSSR count). The Morgan fingerprint density at radius 1 is 0.477 bits per heavy atom. The van der Waals surface area contributed by atoms with E-state index in [2.05, 4.69) is 163 Å². The molecule has 2 nitrogen and oxygen atoms in total. The molecule has 0 radical (unpaired) electrons. The number of hydrogen-bond donors (Lipinski definition) is 0. The number of allylic oxidation sites excluding steroid dienone is 2. The van der Waals surface area contributed by atoms with Crippen LogP contribution in [0, 0.1) is 0 Å². The zero-order valence-electron chi connectivity index (χ0n) is 24.3. The molecule has 0 saturated heterocycles. The van der Waals surface area contributed by atoms with E-state index in [1.54, 1.807) is 0 Å². The number of fused-ring (bicyclic) bond motifs is 3. The number of benzene rings is 6. The van der Waals surface area contributed by atoms with Gasteiger partial charge in [-0.15, -0.1) is 0 Å². The fourth-order valence-corrected chi connectivity index (χ4v) is 6.34. The summed E-state index contributed by atoms with van der Waals surface area (Å²) in [6, 6.07) is 54.0. The lowest BCUT2D eigenvalue weighted by atomic mass is 9.95. The molecule has 0 N–H and O–H groups in total. The molecule has 1 aromatic heterocycles. The highest BCUT2D eigenvalue weighted by Gasteiger charge is 2.21. The van der Waals surface area contributed by atoms with Crippen molar-refractivity contribution in [3.8, 4) is 22.3 Å². The maximum Gasteiger partial charge on any atom is 0.136 e.